The van der Waals surface area contributed by atoms with Crippen LogP contribution in [0.1, 0.15) is 26.7 Å². The molecule has 0 bridgehead atoms. The van der Waals surface area contributed by atoms with E-state index < -0.39 is 11.8 Å². The highest BCUT2D eigenvalue weighted by molar-refractivity contribution is 6.07. The minimum absolute atomic E-state index is 0.0919. The number of hydrogen-bond donors (Lipinski definition) is 2. The highest BCUT2D eigenvalue weighted by Gasteiger charge is 2.20. The van der Waals surface area contributed by atoms with Gasteiger partial charge in [0.15, 0.2) is 18.1 Å². The molecule has 1 aromatic carbocycles. The number of hydrogen-bond acceptors (Lipinski definition) is 6. The number of amides is 2. The Morgan fingerprint density at radius 3 is 2.68 bits per heavy atom. The molecule has 3 heterocycles. The van der Waals surface area contributed by atoms with Crippen LogP contribution in [0.15, 0.2) is 71.6 Å². The van der Waals surface area contributed by atoms with Crippen LogP contribution in [0, 0.1) is 0 Å². The molecule has 4 rings (SSSR count). The molecule has 31 heavy (non-hydrogen) atoms. The topological polar surface area (TPSA) is 116 Å². The third-order valence-electron chi connectivity index (χ3n) is 4.28. The van der Waals surface area contributed by atoms with Crippen LogP contribution in [0.4, 0.5) is 5.69 Å². The zero-order valence-corrected chi connectivity index (χ0v) is 16.7. The largest absolute Gasteiger partial charge is 0.471 e. The first-order valence-corrected chi connectivity index (χ1v) is 9.45. The van der Waals surface area contributed by atoms with Crippen molar-refractivity contribution in [1.82, 2.24) is 24.9 Å². The van der Waals surface area contributed by atoms with Gasteiger partial charge in [-0.2, -0.15) is 10.2 Å². The van der Waals surface area contributed by atoms with Crippen molar-refractivity contribution in [3.63, 3.8) is 0 Å². The second-order valence-corrected chi connectivity index (χ2v) is 6.61. The van der Waals surface area contributed by atoms with Crippen LogP contribution in [0.5, 0.6) is 5.75 Å². The molecule has 0 atom stereocenters. The van der Waals surface area contributed by atoms with Crippen molar-refractivity contribution in [2.45, 2.75) is 13.3 Å². The maximum atomic E-state index is 12.6. The Balaban J connectivity index is 1.38. The van der Waals surface area contributed by atoms with E-state index in [0.717, 1.165) is 0 Å². The molecule has 0 unspecified atom stereocenters. The SMILES string of the molecule is Cn1cc(NC(=O)c2ccn(COc3ccccc3)n2)c(C(=O)NCc2ccco2)n1. The number of ether oxygens (including phenoxy) is 1. The molecule has 158 valence electrons. The van der Waals surface area contributed by atoms with Gasteiger partial charge >= 0.3 is 0 Å². The number of anilines is 1. The van der Waals surface area contributed by atoms with Gasteiger partial charge in [-0.3, -0.25) is 14.3 Å². The van der Waals surface area contributed by atoms with E-state index in [1.807, 2.05) is 30.3 Å². The van der Waals surface area contributed by atoms with Gasteiger partial charge in [0.25, 0.3) is 11.8 Å². The number of furan rings is 1. The van der Waals surface area contributed by atoms with Crippen molar-refractivity contribution in [2.24, 2.45) is 7.05 Å². The normalized spacial score (nSPS) is 10.6. The van der Waals surface area contributed by atoms with Crippen molar-refractivity contribution in [3.05, 3.63) is 84.3 Å². The number of carbonyl (C=O) groups excluding carboxylic acids is 2. The number of nitrogens with one attached hydrogen (secondary N) is 2. The van der Waals surface area contributed by atoms with Gasteiger partial charge in [-0.25, -0.2) is 4.68 Å². The highest BCUT2D eigenvalue weighted by atomic mass is 16.5. The Labute approximate surface area is 177 Å². The van der Waals surface area contributed by atoms with Gasteiger partial charge in [-0.05, 0) is 30.3 Å². The number of nitrogens with zero attached hydrogens (tertiary/aromatic N) is 4. The molecule has 10 heteroatoms. The van der Waals surface area contributed by atoms with Gasteiger partial charge in [-0.1, -0.05) is 18.2 Å². The molecule has 10 nitrogen and oxygen atoms in total. The second kappa shape index (κ2) is 8.99. The smallest absolute Gasteiger partial charge is 0.276 e. The van der Waals surface area contributed by atoms with Crippen molar-refractivity contribution in [2.75, 3.05) is 5.32 Å². The maximum absolute atomic E-state index is 12.6. The Hall–Kier alpha value is -4.34. The number of rotatable bonds is 8. The maximum Gasteiger partial charge on any atom is 0.276 e. The fraction of sp³-hybridized carbons (Fsp3) is 0.143. The molecule has 2 amide bonds. The van der Waals surface area contributed by atoms with Gasteiger partial charge in [0, 0.05) is 19.4 Å². The van der Waals surface area contributed by atoms with Gasteiger partial charge in [0.2, 0.25) is 0 Å². The van der Waals surface area contributed by atoms with Crippen LogP contribution in [0.2, 0.25) is 0 Å². The average molecular weight is 420 g/mol. The van der Waals surface area contributed by atoms with Crippen molar-refractivity contribution >= 4 is 17.5 Å². The summed E-state index contributed by atoms with van der Waals surface area (Å²) in [5, 5.41) is 13.7. The minimum atomic E-state index is -0.466. The molecule has 3 aromatic heterocycles. The van der Waals surface area contributed by atoms with E-state index in [4.69, 9.17) is 9.15 Å². The van der Waals surface area contributed by atoms with Crippen LogP contribution < -0.4 is 15.4 Å². The predicted octanol–water partition coefficient (Wildman–Crippen LogP) is 2.43. The summed E-state index contributed by atoms with van der Waals surface area (Å²) >= 11 is 0. The Kier molecular flexibility index (Phi) is 5.79. The fourth-order valence-electron chi connectivity index (χ4n) is 2.81. The third kappa shape index (κ3) is 4.99. The number of para-hydroxylation sites is 1. The van der Waals surface area contributed by atoms with Crippen LogP contribution in [-0.2, 0) is 20.3 Å². The molecule has 0 spiro atoms. The van der Waals surface area contributed by atoms with Crippen LogP contribution in [-0.4, -0.2) is 31.4 Å². The summed E-state index contributed by atoms with van der Waals surface area (Å²) in [6, 6.07) is 14.3. The first kappa shape index (κ1) is 20.0. The summed E-state index contributed by atoms with van der Waals surface area (Å²) in [7, 11) is 1.66. The lowest BCUT2D eigenvalue weighted by Gasteiger charge is -2.06. The van der Waals surface area contributed by atoms with Gasteiger partial charge in [-0.15, -0.1) is 0 Å². The fourth-order valence-corrected chi connectivity index (χ4v) is 2.81. The zero-order chi connectivity index (χ0) is 21.6. The van der Waals surface area contributed by atoms with Gasteiger partial charge < -0.3 is 19.8 Å². The van der Waals surface area contributed by atoms with Crippen molar-refractivity contribution < 1.29 is 18.7 Å². The molecular weight excluding hydrogens is 400 g/mol. The zero-order valence-electron chi connectivity index (χ0n) is 16.7. The van der Waals surface area contributed by atoms with Crippen molar-refractivity contribution in [1.29, 1.82) is 0 Å². The molecule has 0 aliphatic heterocycles. The summed E-state index contributed by atoms with van der Waals surface area (Å²) in [6.45, 7) is 0.367. The number of aromatic nitrogens is 4. The number of carbonyl (C=O) groups is 2. The summed E-state index contributed by atoms with van der Waals surface area (Å²) in [5.74, 6) is 0.406. The first-order valence-electron chi connectivity index (χ1n) is 9.45. The van der Waals surface area contributed by atoms with E-state index in [2.05, 4.69) is 20.8 Å². The average Bonchev–Trinajstić information content (AvgIpc) is 3.53. The summed E-state index contributed by atoms with van der Waals surface area (Å²) < 4.78 is 13.8. The van der Waals surface area contributed by atoms with E-state index in [1.54, 1.807) is 37.6 Å². The van der Waals surface area contributed by atoms with Crippen molar-refractivity contribution in [3.8, 4) is 5.75 Å². The minimum Gasteiger partial charge on any atom is -0.471 e. The molecule has 0 aliphatic rings. The van der Waals surface area contributed by atoms with E-state index in [-0.39, 0.29) is 30.4 Å². The van der Waals surface area contributed by atoms with Crippen LogP contribution in [0.3, 0.4) is 0 Å². The Bertz CT molecular complexity index is 1160. The molecule has 0 saturated heterocycles. The Morgan fingerprint density at radius 2 is 1.90 bits per heavy atom. The quantitative estimate of drug-likeness (QED) is 0.452. The van der Waals surface area contributed by atoms with Gasteiger partial charge in [0.05, 0.1) is 18.5 Å². The van der Waals surface area contributed by atoms with Crippen LogP contribution in [0.25, 0.3) is 0 Å². The standard InChI is InChI=1S/C21H20N6O4/c1-26-13-18(19(25-26)21(29)22-12-16-8-5-11-30-16)23-20(28)17-9-10-27(24-17)14-31-15-6-3-2-4-7-15/h2-11,13H,12,14H2,1H3,(H,22,29)(H,23,28). The van der Waals surface area contributed by atoms with E-state index >= 15 is 0 Å². The monoisotopic (exact) mass is 420 g/mol. The lowest BCUT2D eigenvalue weighted by Crippen LogP contribution is -2.25. The second-order valence-electron chi connectivity index (χ2n) is 6.61. The highest BCUT2D eigenvalue weighted by Crippen LogP contribution is 2.15. The third-order valence-corrected chi connectivity index (χ3v) is 4.28. The first-order chi connectivity index (χ1) is 15.1. The van der Waals surface area contributed by atoms with Crippen LogP contribution >= 0.6 is 0 Å². The molecule has 0 aliphatic carbocycles. The summed E-state index contributed by atoms with van der Waals surface area (Å²) in [4.78, 5) is 25.1. The van der Waals surface area contributed by atoms with E-state index in [1.165, 1.54) is 15.6 Å². The molecule has 4 aromatic rings. The van der Waals surface area contributed by atoms with Gasteiger partial charge in [0.1, 0.15) is 11.5 Å². The summed E-state index contributed by atoms with van der Waals surface area (Å²) in [6.07, 6.45) is 4.71. The number of aryl methyl sites for hydroxylation is 1. The predicted molar refractivity (Wildman–Crippen MR) is 110 cm³/mol. The molecular formula is C21H20N6O4. The molecule has 0 saturated carbocycles. The number of benzene rings is 1. The molecule has 2 N–H and O–H groups in total. The van der Waals surface area contributed by atoms with E-state index in [0.29, 0.717) is 11.5 Å². The molecule has 0 fully saturated rings. The Morgan fingerprint density at radius 1 is 1.06 bits per heavy atom. The molecule has 0 radical (unpaired) electrons. The lowest BCUT2D eigenvalue weighted by molar-refractivity contribution is 0.0943. The lowest BCUT2D eigenvalue weighted by atomic mass is 10.3. The van der Waals surface area contributed by atoms with E-state index in [9.17, 15) is 9.59 Å². The summed E-state index contributed by atoms with van der Waals surface area (Å²) in [5.41, 5.74) is 0.552.